The monoisotopic (exact) mass is 226 g/mol. The summed E-state index contributed by atoms with van der Waals surface area (Å²) in [4.78, 5) is 2.49. The Labute approximate surface area is 102 Å². The summed E-state index contributed by atoms with van der Waals surface area (Å²) in [5.74, 6) is 0. The van der Waals surface area contributed by atoms with E-state index in [-0.39, 0.29) is 0 Å². The second-order valence-corrected chi connectivity index (χ2v) is 4.73. The van der Waals surface area contributed by atoms with Crippen molar-refractivity contribution in [2.75, 3.05) is 26.2 Å². The van der Waals surface area contributed by atoms with Crippen molar-refractivity contribution >= 4 is 0 Å². The smallest absolute Gasteiger partial charge is 0.00393 e. The average Bonchev–Trinajstić information content (AvgIpc) is 2.24. The first-order valence-electron chi connectivity index (χ1n) is 6.70. The first-order valence-corrected chi connectivity index (χ1v) is 6.70. The van der Waals surface area contributed by atoms with Gasteiger partial charge in [-0.25, -0.2) is 0 Å². The SMILES string of the molecule is C=C(C)CCNC(C)CCCN(CC)CC. The van der Waals surface area contributed by atoms with E-state index in [1.165, 1.54) is 38.0 Å². The van der Waals surface area contributed by atoms with E-state index in [0.29, 0.717) is 6.04 Å². The molecule has 96 valence electrons. The molecule has 0 saturated heterocycles. The van der Waals surface area contributed by atoms with Crippen molar-refractivity contribution in [1.82, 2.24) is 10.2 Å². The standard InChI is InChI=1S/C14H30N2/c1-6-16(7-2)12-8-9-14(5)15-11-10-13(3)4/h14-15H,3,6-12H2,1-2,4-5H3. The van der Waals surface area contributed by atoms with Gasteiger partial charge in [0.25, 0.3) is 0 Å². The molecule has 0 spiro atoms. The van der Waals surface area contributed by atoms with Crippen LogP contribution in [0.1, 0.15) is 47.0 Å². The number of rotatable bonds is 10. The van der Waals surface area contributed by atoms with Crippen LogP contribution in [-0.4, -0.2) is 37.1 Å². The topological polar surface area (TPSA) is 15.3 Å². The molecule has 0 radical (unpaired) electrons. The molecule has 1 atom stereocenters. The third-order valence-electron chi connectivity index (χ3n) is 3.05. The third kappa shape index (κ3) is 8.93. The molecule has 0 aromatic rings. The van der Waals surface area contributed by atoms with Gasteiger partial charge in [0.2, 0.25) is 0 Å². The van der Waals surface area contributed by atoms with E-state index in [1.807, 2.05) is 0 Å². The number of hydrogen-bond acceptors (Lipinski definition) is 2. The second kappa shape index (κ2) is 9.86. The van der Waals surface area contributed by atoms with E-state index in [0.717, 1.165) is 13.0 Å². The average molecular weight is 226 g/mol. The van der Waals surface area contributed by atoms with Crippen molar-refractivity contribution in [2.24, 2.45) is 0 Å². The van der Waals surface area contributed by atoms with Crippen LogP contribution in [-0.2, 0) is 0 Å². The van der Waals surface area contributed by atoms with Crippen molar-refractivity contribution in [3.05, 3.63) is 12.2 Å². The lowest BCUT2D eigenvalue weighted by atomic mass is 10.1. The highest BCUT2D eigenvalue weighted by molar-refractivity contribution is 4.88. The zero-order valence-corrected chi connectivity index (χ0v) is 11.7. The molecular weight excluding hydrogens is 196 g/mol. The molecule has 0 bridgehead atoms. The lowest BCUT2D eigenvalue weighted by molar-refractivity contribution is 0.290. The first kappa shape index (κ1) is 15.7. The molecule has 0 amide bonds. The van der Waals surface area contributed by atoms with Gasteiger partial charge in [-0.1, -0.05) is 19.4 Å². The first-order chi connectivity index (χ1) is 7.60. The van der Waals surface area contributed by atoms with Crippen LogP contribution in [0.2, 0.25) is 0 Å². The van der Waals surface area contributed by atoms with Gasteiger partial charge >= 0.3 is 0 Å². The minimum atomic E-state index is 0.634. The van der Waals surface area contributed by atoms with Crippen LogP contribution in [0.3, 0.4) is 0 Å². The molecule has 0 fully saturated rings. The highest BCUT2D eigenvalue weighted by atomic mass is 15.1. The molecule has 0 rings (SSSR count). The van der Waals surface area contributed by atoms with Gasteiger partial charge in [0.1, 0.15) is 0 Å². The zero-order chi connectivity index (χ0) is 12.4. The molecule has 0 aliphatic heterocycles. The molecule has 0 heterocycles. The fraction of sp³-hybridized carbons (Fsp3) is 0.857. The summed E-state index contributed by atoms with van der Waals surface area (Å²) in [7, 11) is 0. The molecule has 2 heteroatoms. The summed E-state index contributed by atoms with van der Waals surface area (Å²) in [6, 6.07) is 0.634. The summed E-state index contributed by atoms with van der Waals surface area (Å²) in [5.41, 5.74) is 1.27. The quantitative estimate of drug-likeness (QED) is 0.576. The molecule has 1 unspecified atom stereocenters. The van der Waals surface area contributed by atoms with Gasteiger partial charge in [0.05, 0.1) is 0 Å². The van der Waals surface area contributed by atoms with Crippen LogP contribution in [0.25, 0.3) is 0 Å². The normalized spacial score (nSPS) is 13.1. The summed E-state index contributed by atoms with van der Waals surface area (Å²) in [5, 5.41) is 3.54. The van der Waals surface area contributed by atoms with Crippen LogP contribution >= 0.6 is 0 Å². The van der Waals surface area contributed by atoms with Crippen LogP contribution in [0.5, 0.6) is 0 Å². The third-order valence-corrected chi connectivity index (χ3v) is 3.05. The number of hydrogen-bond donors (Lipinski definition) is 1. The number of nitrogens with one attached hydrogen (secondary N) is 1. The van der Waals surface area contributed by atoms with Gasteiger partial charge in [0.15, 0.2) is 0 Å². The summed E-state index contributed by atoms with van der Waals surface area (Å²) < 4.78 is 0. The maximum absolute atomic E-state index is 3.91. The van der Waals surface area contributed by atoms with E-state index in [9.17, 15) is 0 Å². The fourth-order valence-corrected chi connectivity index (χ4v) is 1.79. The van der Waals surface area contributed by atoms with Crippen LogP contribution in [0.15, 0.2) is 12.2 Å². The van der Waals surface area contributed by atoms with Crippen molar-refractivity contribution in [3.63, 3.8) is 0 Å². The van der Waals surface area contributed by atoms with E-state index < -0.39 is 0 Å². The summed E-state index contributed by atoms with van der Waals surface area (Å²) >= 11 is 0. The van der Waals surface area contributed by atoms with Crippen LogP contribution < -0.4 is 5.32 Å². The molecule has 1 N–H and O–H groups in total. The lowest BCUT2D eigenvalue weighted by Gasteiger charge is -2.19. The van der Waals surface area contributed by atoms with E-state index in [1.54, 1.807) is 0 Å². The van der Waals surface area contributed by atoms with Crippen molar-refractivity contribution in [3.8, 4) is 0 Å². The Balaban J connectivity index is 3.42. The Morgan fingerprint density at radius 2 is 1.94 bits per heavy atom. The molecule has 16 heavy (non-hydrogen) atoms. The Morgan fingerprint density at radius 3 is 2.44 bits per heavy atom. The van der Waals surface area contributed by atoms with E-state index in [4.69, 9.17) is 0 Å². The molecule has 0 saturated carbocycles. The highest BCUT2D eigenvalue weighted by Crippen LogP contribution is 2.00. The summed E-state index contributed by atoms with van der Waals surface area (Å²) in [6.07, 6.45) is 3.66. The second-order valence-electron chi connectivity index (χ2n) is 4.73. The van der Waals surface area contributed by atoms with Gasteiger partial charge in [-0.2, -0.15) is 0 Å². The van der Waals surface area contributed by atoms with Crippen LogP contribution in [0.4, 0.5) is 0 Å². The van der Waals surface area contributed by atoms with Crippen molar-refractivity contribution < 1.29 is 0 Å². The molecule has 0 aromatic heterocycles. The maximum Gasteiger partial charge on any atom is 0.00393 e. The van der Waals surface area contributed by atoms with Gasteiger partial charge < -0.3 is 10.2 Å². The lowest BCUT2D eigenvalue weighted by Crippen LogP contribution is -2.29. The number of nitrogens with zero attached hydrogens (tertiary/aromatic N) is 1. The minimum absolute atomic E-state index is 0.634. The molecule has 0 aliphatic rings. The Morgan fingerprint density at radius 1 is 1.31 bits per heavy atom. The maximum atomic E-state index is 3.91. The largest absolute Gasteiger partial charge is 0.314 e. The Hall–Kier alpha value is -0.340. The van der Waals surface area contributed by atoms with Crippen molar-refractivity contribution in [1.29, 1.82) is 0 Å². The van der Waals surface area contributed by atoms with Gasteiger partial charge in [-0.05, 0) is 59.3 Å². The van der Waals surface area contributed by atoms with Gasteiger partial charge in [-0.15, -0.1) is 6.58 Å². The Bertz CT molecular complexity index is 174. The van der Waals surface area contributed by atoms with Gasteiger partial charge in [0, 0.05) is 6.04 Å². The molecular formula is C14H30N2. The Kier molecular flexibility index (Phi) is 9.65. The predicted molar refractivity (Wildman–Crippen MR) is 73.9 cm³/mol. The minimum Gasteiger partial charge on any atom is -0.314 e. The zero-order valence-electron chi connectivity index (χ0n) is 11.7. The van der Waals surface area contributed by atoms with Gasteiger partial charge in [-0.3, -0.25) is 0 Å². The van der Waals surface area contributed by atoms with E-state index in [2.05, 4.69) is 44.5 Å². The van der Waals surface area contributed by atoms with Crippen LogP contribution in [0, 0.1) is 0 Å². The summed E-state index contributed by atoms with van der Waals surface area (Å²) in [6.45, 7) is 17.4. The van der Waals surface area contributed by atoms with Crippen molar-refractivity contribution in [2.45, 2.75) is 53.0 Å². The highest BCUT2D eigenvalue weighted by Gasteiger charge is 2.03. The fourth-order valence-electron chi connectivity index (χ4n) is 1.79. The molecule has 0 aromatic carbocycles. The van der Waals surface area contributed by atoms with E-state index >= 15 is 0 Å². The molecule has 2 nitrogen and oxygen atoms in total. The molecule has 0 aliphatic carbocycles. The predicted octanol–water partition coefficient (Wildman–Crippen LogP) is 3.05.